The first kappa shape index (κ1) is 15.0. The highest BCUT2D eigenvalue weighted by Gasteiger charge is 2.34. The van der Waals surface area contributed by atoms with Crippen LogP contribution in [0.4, 0.5) is 0 Å². The highest BCUT2D eigenvalue weighted by Crippen LogP contribution is 2.42. The van der Waals surface area contributed by atoms with Gasteiger partial charge in [0.2, 0.25) is 0 Å². The lowest BCUT2D eigenvalue weighted by Crippen LogP contribution is -2.30. The van der Waals surface area contributed by atoms with Gasteiger partial charge in [0.1, 0.15) is 22.7 Å². The molecule has 24 heavy (non-hydrogen) atoms. The third-order valence-corrected chi connectivity index (χ3v) is 4.62. The van der Waals surface area contributed by atoms with Crippen molar-refractivity contribution in [2.75, 3.05) is 12.9 Å². The molecule has 2 aromatic heterocycles. The van der Waals surface area contributed by atoms with Crippen LogP contribution in [-0.4, -0.2) is 33.4 Å². The van der Waals surface area contributed by atoms with Crippen LogP contribution in [0.5, 0.6) is 5.75 Å². The average Bonchev–Trinajstić information content (AvgIpc) is 3.01. The van der Waals surface area contributed by atoms with E-state index in [1.807, 2.05) is 36.6 Å². The van der Waals surface area contributed by atoms with Crippen molar-refractivity contribution >= 4 is 28.8 Å². The molecule has 0 N–H and O–H groups in total. The molecule has 6 nitrogen and oxygen atoms in total. The van der Waals surface area contributed by atoms with E-state index in [0.717, 1.165) is 21.7 Å². The summed E-state index contributed by atoms with van der Waals surface area (Å²) in [6.07, 6.45) is 2.58. The van der Waals surface area contributed by atoms with Gasteiger partial charge in [0, 0.05) is 5.56 Å². The molecule has 0 fully saturated rings. The van der Waals surface area contributed by atoms with E-state index in [0.29, 0.717) is 18.0 Å². The molecule has 122 valence electrons. The largest absolute Gasteiger partial charge is 0.462 e. The van der Waals surface area contributed by atoms with E-state index in [1.165, 1.54) is 6.33 Å². The van der Waals surface area contributed by atoms with Gasteiger partial charge in [-0.15, -0.1) is 11.8 Å². The number of rotatable bonds is 3. The SMILES string of the molecule is CCOC(=O)C1Oc2ccccc2-c2cc3c(SC)ncnc3n21. The summed E-state index contributed by atoms with van der Waals surface area (Å²) in [6, 6.07) is 9.65. The molecule has 3 aromatic rings. The lowest BCUT2D eigenvalue weighted by Gasteiger charge is -2.27. The minimum Gasteiger partial charge on any atom is -0.462 e. The first-order chi connectivity index (χ1) is 11.7. The van der Waals surface area contributed by atoms with Crippen LogP contribution < -0.4 is 4.74 Å². The van der Waals surface area contributed by atoms with Crippen LogP contribution in [0.3, 0.4) is 0 Å². The van der Waals surface area contributed by atoms with Gasteiger partial charge in [-0.25, -0.2) is 14.8 Å². The van der Waals surface area contributed by atoms with E-state index in [2.05, 4.69) is 9.97 Å². The fraction of sp³-hybridized carbons (Fsp3) is 0.235. The summed E-state index contributed by atoms with van der Waals surface area (Å²) in [5, 5.41) is 1.76. The summed E-state index contributed by atoms with van der Waals surface area (Å²) in [7, 11) is 0. The first-order valence-electron chi connectivity index (χ1n) is 7.57. The van der Waals surface area contributed by atoms with Gasteiger partial charge >= 0.3 is 5.97 Å². The van der Waals surface area contributed by atoms with Gasteiger partial charge in [0.05, 0.1) is 17.7 Å². The van der Waals surface area contributed by atoms with Crippen LogP contribution in [0, 0.1) is 0 Å². The van der Waals surface area contributed by atoms with E-state index in [-0.39, 0.29) is 0 Å². The van der Waals surface area contributed by atoms with Crippen molar-refractivity contribution in [2.24, 2.45) is 0 Å². The number of nitrogens with zero attached hydrogens (tertiary/aromatic N) is 3. The monoisotopic (exact) mass is 341 g/mol. The zero-order valence-electron chi connectivity index (χ0n) is 13.2. The Morgan fingerprint density at radius 1 is 1.38 bits per heavy atom. The fourth-order valence-electron chi connectivity index (χ4n) is 2.94. The second kappa shape index (κ2) is 5.83. The maximum atomic E-state index is 12.5. The van der Waals surface area contributed by atoms with Crippen molar-refractivity contribution in [3.63, 3.8) is 0 Å². The number of fused-ring (bicyclic) bond motifs is 5. The number of carbonyl (C=O) groups is 1. The van der Waals surface area contributed by atoms with Crippen LogP contribution in [0.1, 0.15) is 13.2 Å². The summed E-state index contributed by atoms with van der Waals surface area (Å²) in [5.41, 5.74) is 2.46. The van der Waals surface area contributed by atoms with Gasteiger partial charge in [0.25, 0.3) is 6.23 Å². The fourth-order valence-corrected chi connectivity index (χ4v) is 3.46. The second-order valence-corrected chi connectivity index (χ2v) is 6.03. The van der Waals surface area contributed by atoms with Gasteiger partial charge in [0.15, 0.2) is 0 Å². The minimum atomic E-state index is -0.892. The molecule has 1 aromatic carbocycles. The molecular weight excluding hydrogens is 326 g/mol. The smallest absolute Gasteiger partial charge is 0.369 e. The van der Waals surface area contributed by atoms with Crippen LogP contribution >= 0.6 is 11.8 Å². The summed E-state index contributed by atoms with van der Waals surface area (Å²) < 4.78 is 12.9. The number of hydrogen-bond acceptors (Lipinski definition) is 6. The molecule has 0 saturated heterocycles. The molecule has 0 bridgehead atoms. The van der Waals surface area contributed by atoms with E-state index >= 15 is 0 Å². The molecule has 1 aliphatic heterocycles. The molecular formula is C17H15N3O3S. The third-order valence-electron chi connectivity index (χ3n) is 3.91. The Kier molecular flexibility index (Phi) is 3.65. The molecule has 1 atom stereocenters. The molecule has 3 heterocycles. The summed E-state index contributed by atoms with van der Waals surface area (Å²) in [6.45, 7) is 2.07. The molecule has 1 unspecified atom stereocenters. The summed E-state index contributed by atoms with van der Waals surface area (Å²) in [4.78, 5) is 21.1. The molecule has 1 aliphatic rings. The first-order valence-corrected chi connectivity index (χ1v) is 8.79. The Hall–Kier alpha value is -2.54. The molecule has 0 spiro atoms. The maximum absolute atomic E-state index is 12.5. The van der Waals surface area contributed by atoms with Gasteiger partial charge in [-0.1, -0.05) is 12.1 Å². The van der Waals surface area contributed by atoms with Gasteiger partial charge in [-0.2, -0.15) is 0 Å². The third kappa shape index (κ3) is 2.16. The number of hydrogen-bond donors (Lipinski definition) is 0. The Balaban J connectivity index is 2.01. The van der Waals surface area contributed by atoms with Crippen molar-refractivity contribution in [3.05, 3.63) is 36.7 Å². The maximum Gasteiger partial charge on any atom is 0.369 e. The summed E-state index contributed by atoms with van der Waals surface area (Å²) >= 11 is 1.54. The van der Waals surface area contributed by atoms with Crippen molar-refractivity contribution in [1.29, 1.82) is 0 Å². The molecule has 0 aliphatic carbocycles. The minimum absolute atomic E-state index is 0.292. The Morgan fingerprint density at radius 2 is 2.21 bits per heavy atom. The highest BCUT2D eigenvalue weighted by atomic mass is 32.2. The van der Waals surface area contributed by atoms with Crippen LogP contribution in [0.15, 0.2) is 41.7 Å². The number of para-hydroxylation sites is 1. The van der Waals surface area contributed by atoms with Gasteiger partial charge in [-0.05, 0) is 31.4 Å². The molecule has 7 heteroatoms. The molecule has 0 amide bonds. The van der Waals surface area contributed by atoms with Gasteiger partial charge < -0.3 is 9.47 Å². The molecule has 0 saturated carbocycles. The second-order valence-electron chi connectivity index (χ2n) is 5.24. The van der Waals surface area contributed by atoms with Crippen molar-refractivity contribution in [1.82, 2.24) is 14.5 Å². The lowest BCUT2D eigenvalue weighted by atomic mass is 10.1. The quantitative estimate of drug-likeness (QED) is 0.414. The van der Waals surface area contributed by atoms with E-state index in [1.54, 1.807) is 23.3 Å². The Labute approximate surface area is 142 Å². The van der Waals surface area contributed by atoms with Crippen LogP contribution in [-0.2, 0) is 9.53 Å². The predicted molar refractivity (Wildman–Crippen MR) is 91.0 cm³/mol. The standard InChI is InChI=1S/C17H15N3O3S/c1-3-22-17(21)16-20-12(10-6-4-5-7-13(10)23-16)8-11-14(20)18-9-19-15(11)24-2/h4-9,16H,3H2,1-2H3. The number of benzene rings is 1. The zero-order valence-corrected chi connectivity index (χ0v) is 14.0. The number of esters is 1. The topological polar surface area (TPSA) is 66.2 Å². The number of aromatic nitrogens is 3. The zero-order chi connectivity index (χ0) is 16.7. The Bertz CT molecular complexity index is 938. The molecule has 4 rings (SSSR count). The molecule has 0 radical (unpaired) electrons. The highest BCUT2D eigenvalue weighted by molar-refractivity contribution is 7.98. The summed E-state index contributed by atoms with van der Waals surface area (Å²) in [5.74, 6) is 0.222. The van der Waals surface area contributed by atoms with Crippen LogP contribution in [0.25, 0.3) is 22.3 Å². The number of carbonyl (C=O) groups excluding carboxylic acids is 1. The Morgan fingerprint density at radius 3 is 3.00 bits per heavy atom. The van der Waals surface area contributed by atoms with E-state index in [4.69, 9.17) is 9.47 Å². The predicted octanol–water partition coefficient (Wildman–Crippen LogP) is 3.27. The van der Waals surface area contributed by atoms with Gasteiger partial charge in [-0.3, -0.25) is 4.57 Å². The van der Waals surface area contributed by atoms with E-state index < -0.39 is 12.2 Å². The normalized spacial score (nSPS) is 15.5. The van der Waals surface area contributed by atoms with Crippen molar-refractivity contribution < 1.29 is 14.3 Å². The number of thioether (sulfide) groups is 1. The van der Waals surface area contributed by atoms with Crippen LogP contribution in [0.2, 0.25) is 0 Å². The van der Waals surface area contributed by atoms with Crippen molar-refractivity contribution in [3.8, 4) is 17.0 Å². The van der Waals surface area contributed by atoms with E-state index in [9.17, 15) is 4.79 Å². The number of ether oxygens (including phenoxy) is 2. The van der Waals surface area contributed by atoms with Crippen molar-refractivity contribution in [2.45, 2.75) is 18.2 Å². The lowest BCUT2D eigenvalue weighted by molar-refractivity contribution is -0.156. The average molecular weight is 341 g/mol.